The molecule has 0 fully saturated rings. The molecule has 112 valence electrons. The van der Waals surface area contributed by atoms with E-state index in [1.54, 1.807) is 10.8 Å². The van der Waals surface area contributed by atoms with Crippen molar-refractivity contribution < 1.29 is 18.0 Å². The number of amides is 1. The molecule has 2 N–H and O–H groups in total. The Labute approximate surface area is 119 Å². The first kappa shape index (κ1) is 15.1. The molecule has 0 aliphatic heterocycles. The molecule has 0 spiro atoms. The van der Waals surface area contributed by atoms with Gasteiger partial charge in [0.1, 0.15) is 5.82 Å². The second-order valence-electron chi connectivity index (χ2n) is 4.56. The van der Waals surface area contributed by atoms with Gasteiger partial charge < -0.3 is 10.3 Å². The molecule has 4 nitrogen and oxygen atoms in total. The average Bonchev–Trinajstić information content (AvgIpc) is 2.85. The highest BCUT2D eigenvalue weighted by Gasteiger charge is 2.31. The summed E-state index contributed by atoms with van der Waals surface area (Å²) in [7, 11) is 0. The van der Waals surface area contributed by atoms with Gasteiger partial charge in [0.2, 0.25) is 0 Å². The minimum atomic E-state index is -4.52. The molecule has 1 aromatic carbocycles. The number of hydrogen-bond acceptors (Lipinski definition) is 2. The molecule has 0 saturated carbocycles. The number of primary amides is 1. The van der Waals surface area contributed by atoms with Gasteiger partial charge in [-0.25, -0.2) is 4.98 Å². The van der Waals surface area contributed by atoms with E-state index >= 15 is 0 Å². The van der Waals surface area contributed by atoms with Gasteiger partial charge in [0.15, 0.2) is 0 Å². The summed E-state index contributed by atoms with van der Waals surface area (Å²) in [4.78, 5) is 15.6. The first-order valence-corrected chi connectivity index (χ1v) is 6.38. The fourth-order valence-electron chi connectivity index (χ4n) is 2.08. The summed E-state index contributed by atoms with van der Waals surface area (Å²) in [5.41, 5.74) is 4.43. The van der Waals surface area contributed by atoms with Crippen LogP contribution >= 0.6 is 0 Å². The van der Waals surface area contributed by atoms with Gasteiger partial charge in [0.05, 0.1) is 16.8 Å². The van der Waals surface area contributed by atoms with Crippen LogP contribution < -0.4 is 5.73 Å². The number of imidazole rings is 1. The van der Waals surface area contributed by atoms with Crippen LogP contribution in [0, 0.1) is 0 Å². The first-order valence-electron chi connectivity index (χ1n) is 6.38. The lowest BCUT2D eigenvalue weighted by atomic mass is 10.1. The van der Waals surface area contributed by atoms with Crippen LogP contribution in [0.5, 0.6) is 0 Å². The average molecular weight is 297 g/mol. The summed E-state index contributed by atoms with van der Waals surface area (Å²) in [5.74, 6) is -0.244. The van der Waals surface area contributed by atoms with E-state index in [1.165, 1.54) is 12.3 Å². The SMILES string of the molecule is CCCc1nccn1-c1ccc(C(F)(F)F)cc1C(N)=O. The molecule has 0 saturated heterocycles. The van der Waals surface area contributed by atoms with Crippen LogP contribution in [0.3, 0.4) is 0 Å². The quantitative estimate of drug-likeness (QED) is 0.943. The van der Waals surface area contributed by atoms with Crippen LogP contribution in [0.15, 0.2) is 30.6 Å². The maximum Gasteiger partial charge on any atom is 0.416 e. The summed E-state index contributed by atoms with van der Waals surface area (Å²) in [6.45, 7) is 1.96. The second kappa shape index (κ2) is 5.59. The number of aromatic nitrogens is 2. The lowest BCUT2D eigenvalue weighted by Crippen LogP contribution is -2.17. The number of hydrogen-bond donors (Lipinski definition) is 1. The Morgan fingerprint density at radius 2 is 2.10 bits per heavy atom. The predicted molar refractivity (Wildman–Crippen MR) is 71.1 cm³/mol. The minimum Gasteiger partial charge on any atom is -0.366 e. The fourth-order valence-corrected chi connectivity index (χ4v) is 2.08. The number of benzene rings is 1. The molecule has 0 aliphatic carbocycles. The molecule has 2 rings (SSSR count). The van der Waals surface area contributed by atoms with Crippen LogP contribution in [0.25, 0.3) is 5.69 Å². The van der Waals surface area contributed by atoms with Crippen molar-refractivity contribution in [1.82, 2.24) is 9.55 Å². The van der Waals surface area contributed by atoms with Crippen molar-refractivity contribution in [2.45, 2.75) is 25.9 Å². The Balaban J connectivity index is 2.58. The van der Waals surface area contributed by atoms with Gasteiger partial charge >= 0.3 is 6.18 Å². The third-order valence-corrected chi connectivity index (χ3v) is 3.04. The fraction of sp³-hybridized carbons (Fsp3) is 0.286. The molecular formula is C14H14F3N3O. The van der Waals surface area contributed by atoms with Gasteiger partial charge in [0.25, 0.3) is 5.91 Å². The highest BCUT2D eigenvalue weighted by Crippen LogP contribution is 2.31. The summed E-state index contributed by atoms with van der Waals surface area (Å²) < 4.78 is 39.8. The zero-order valence-electron chi connectivity index (χ0n) is 11.3. The number of nitrogens with zero attached hydrogens (tertiary/aromatic N) is 2. The molecule has 0 radical (unpaired) electrons. The smallest absolute Gasteiger partial charge is 0.366 e. The van der Waals surface area contributed by atoms with Crippen molar-refractivity contribution >= 4 is 5.91 Å². The lowest BCUT2D eigenvalue weighted by Gasteiger charge is -2.14. The van der Waals surface area contributed by atoms with Crippen LogP contribution in [0.4, 0.5) is 13.2 Å². The topological polar surface area (TPSA) is 60.9 Å². The van der Waals surface area contributed by atoms with Crippen molar-refractivity contribution in [3.63, 3.8) is 0 Å². The molecule has 1 aromatic heterocycles. The lowest BCUT2D eigenvalue weighted by molar-refractivity contribution is -0.137. The molecule has 0 aliphatic rings. The van der Waals surface area contributed by atoms with Gasteiger partial charge in [-0.15, -0.1) is 0 Å². The Morgan fingerprint density at radius 3 is 2.67 bits per heavy atom. The second-order valence-corrected chi connectivity index (χ2v) is 4.56. The summed E-state index contributed by atoms with van der Waals surface area (Å²) in [5, 5.41) is 0. The molecule has 0 unspecified atom stereocenters. The van der Waals surface area contributed by atoms with Crippen molar-refractivity contribution in [3.05, 3.63) is 47.5 Å². The largest absolute Gasteiger partial charge is 0.416 e. The Bertz CT molecular complexity index is 662. The van der Waals surface area contributed by atoms with E-state index in [4.69, 9.17) is 5.73 Å². The van der Waals surface area contributed by atoms with E-state index < -0.39 is 17.6 Å². The third kappa shape index (κ3) is 3.07. The van der Waals surface area contributed by atoms with Crippen molar-refractivity contribution in [2.24, 2.45) is 5.73 Å². The standard InChI is InChI=1S/C14H14F3N3O/c1-2-3-12-19-6-7-20(12)11-5-4-9(14(15,16)17)8-10(11)13(18)21/h4-8H,2-3H2,1H3,(H2,18,21). The van der Waals surface area contributed by atoms with E-state index in [0.29, 0.717) is 17.9 Å². The number of aryl methyl sites for hydroxylation is 1. The zero-order valence-corrected chi connectivity index (χ0v) is 11.3. The number of nitrogens with two attached hydrogens (primary N) is 1. The number of halogens is 3. The minimum absolute atomic E-state index is 0.180. The molecule has 0 atom stereocenters. The first-order chi connectivity index (χ1) is 9.84. The summed E-state index contributed by atoms with van der Waals surface area (Å²) >= 11 is 0. The zero-order chi connectivity index (χ0) is 15.6. The van der Waals surface area contributed by atoms with Gasteiger partial charge in [-0.2, -0.15) is 13.2 Å². The summed E-state index contributed by atoms with van der Waals surface area (Å²) in [6, 6.07) is 2.94. The Morgan fingerprint density at radius 1 is 1.38 bits per heavy atom. The van der Waals surface area contributed by atoms with E-state index in [-0.39, 0.29) is 5.56 Å². The Kier molecular flexibility index (Phi) is 4.02. The van der Waals surface area contributed by atoms with E-state index in [9.17, 15) is 18.0 Å². The Hall–Kier alpha value is -2.31. The molecule has 2 aromatic rings. The predicted octanol–water partition coefficient (Wildman–Crippen LogP) is 2.94. The van der Waals surface area contributed by atoms with Crippen molar-refractivity contribution in [3.8, 4) is 5.69 Å². The normalized spacial score (nSPS) is 11.6. The molecule has 21 heavy (non-hydrogen) atoms. The molecule has 1 heterocycles. The van der Waals surface area contributed by atoms with Gasteiger partial charge in [-0.1, -0.05) is 6.92 Å². The number of carbonyl (C=O) groups is 1. The monoisotopic (exact) mass is 297 g/mol. The highest BCUT2D eigenvalue weighted by atomic mass is 19.4. The molecule has 0 bridgehead atoms. The highest BCUT2D eigenvalue weighted by molar-refractivity contribution is 5.96. The number of alkyl halides is 3. The van der Waals surface area contributed by atoms with Gasteiger partial charge in [-0.3, -0.25) is 4.79 Å². The van der Waals surface area contributed by atoms with Crippen LogP contribution in [-0.2, 0) is 12.6 Å². The van der Waals surface area contributed by atoms with Crippen LogP contribution in [0.1, 0.15) is 35.1 Å². The molecule has 7 heteroatoms. The van der Waals surface area contributed by atoms with Crippen LogP contribution in [-0.4, -0.2) is 15.5 Å². The third-order valence-electron chi connectivity index (χ3n) is 3.04. The summed E-state index contributed by atoms with van der Waals surface area (Å²) in [6.07, 6.45) is 0.0765. The number of rotatable bonds is 4. The van der Waals surface area contributed by atoms with Gasteiger partial charge in [0, 0.05) is 18.8 Å². The van der Waals surface area contributed by atoms with Crippen molar-refractivity contribution in [2.75, 3.05) is 0 Å². The van der Waals surface area contributed by atoms with Crippen molar-refractivity contribution in [1.29, 1.82) is 0 Å². The number of carbonyl (C=O) groups excluding carboxylic acids is 1. The van der Waals surface area contributed by atoms with E-state index in [2.05, 4.69) is 4.98 Å². The van der Waals surface area contributed by atoms with Crippen LogP contribution in [0.2, 0.25) is 0 Å². The van der Waals surface area contributed by atoms with E-state index in [1.807, 2.05) is 6.92 Å². The maximum atomic E-state index is 12.7. The molecular weight excluding hydrogens is 283 g/mol. The molecule has 1 amide bonds. The van der Waals surface area contributed by atoms with Gasteiger partial charge in [-0.05, 0) is 24.6 Å². The van der Waals surface area contributed by atoms with E-state index in [0.717, 1.165) is 18.6 Å². The maximum absolute atomic E-state index is 12.7.